The van der Waals surface area contributed by atoms with Crippen molar-refractivity contribution in [2.45, 2.75) is 0 Å². The van der Waals surface area contributed by atoms with Crippen molar-refractivity contribution in [1.29, 1.82) is 0 Å². The van der Waals surface area contributed by atoms with Gasteiger partial charge in [0.2, 0.25) is 0 Å². The average molecular weight is 320 g/mol. The largest absolute Gasteiger partial charge is 0.299 e. The van der Waals surface area contributed by atoms with Crippen LogP contribution in [-0.4, -0.2) is 9.38 Å². The van der Waals surface area contributed by atoms with Gasteiger partial charge in [-0.25, -0.2) is 0 Å². The lowest BCUT2D eigenvalue weighted by Crippen LogP contribution is -2.11. The Morgan fingerprint density at radius 3 is 2.08 bits per heavy atom. The first-order chi connectivity index (χ1) is 12.3. The second-order valence-corrected chi connectivity index (χ2v) is 6.43. The minimum atomic E-state index is -0.168. The molecule has 2 heterocycles. The Bertz CT molecular complexity index is 1500. The summed E-state index contributed by atoms with van der Waals surface area (Å²) in [7, 11) is 0. The van der Waals surface area contributed by atoms with Crippen LogP contribution in [0.15, 0.2) is 77.9 Å². The topological polar surface area (TPSA) is 34.4 Å². The maximum absolute atomic E-state index is 12.7. The first kappa shape index (κ1) is 12.9. The third-order valence-corrected chi connectivity index (χ3v) is 5.22. The fourth-order valence-electron chi connectivity index (χ4n) is 4.23. The fraction of sp³-hybridized carbons (Fsp3) is 0. The second-order valence-electron chi connectivity index (χ2n) is 6.43. The predicted molar refractivity (Wildman–Crippen MR) is 103 cm³/mol. The summed E-state index contributed by atoms with van der Waals surface area (Å²) in [6.07, 6.45) is 1.66. The standard InChI is InChI=1S/C22H12N2O/c25-22-20-16-8-2-1-6-13(16)15-9-5-10-17-14-7-3-4-11-18(14)24(12-23-22)21(20)19(15)17/h1-12H. The highest BCUT2D eigenvalue weighted by atomic mass is 16.1. The summed E-state index contributed by atoms with van der Waals surface area (Å²) < 4.78 is 2.06. The Morgan fingerprint density at radius 1 is 0.640 bits per heavy atom. The summed E-state index contributed by atoms with van der Waals surface area (Å²) in [5.41, 5.74) is 1.86. The minimum absolute atomic E-state index is 0.168. The number of fused-ring (bicyclic) bond motifs is 6. The van der Waals surface area contributed by atoms with Crippen molar-refractivity contribution in [2.24, 2.45) is 0 Å². The molecule has 0 fully saturated rings. The highest BCUT2D eigenvalue weighted by molar-refractivity contribution is 6.32. The minimum Gasteiger partial charge on any atom is -0.299 e. The number of aromatic nitrogens is 2. The molecule has 0 saturated heterocycles. The van der Waals surface area contributed by atoms with Crippen LogP contribution in [0.25, 0.3) is 48.7 Å². The molecular weight excluding hydrogens is 308 g/mol. The zero-order valence-electron chi connectivity index (χ0n) is 13.2. The monoisotopic (exact) mass is 320 g/mol. The summed E-state index contributed by atoms with van der Waals surface area (Å²) in [5, 5.41) is 7.42. The van der Waals surface area contributed by atoms with E-state index in [4.69, 9.17) is 0 Å². The molecule has 0 unspecified atom stereocenters. The summed E-state index contributed by atoms with van der Waals surface area (Å²) >= 11 is 0. The van der Waals surface area contributed by atoms with Crippen molar-refractivity contribution in [3.05, 3.63) is 83.4 Å². The van der Waals surface area contributed by atoms with E-state index in [-0.39, 0.29) is 5.56 Å². The first-order valence-electron chi connectivity index (χ1n) is 8.29. The zero-order valence-corrected chi connectivity index (χ0v) is 13.2. The molecule has 0 N–H and O–H groups in total. The molecule has 0 aliphatic rings. The van der Waals surface area contributed by atoms with E-state index >= 15 is 0 Å². The van der Waals surface area contributed by atoms with Crippen LogP contribution >= 0.6 is 0 Å². The lowest BCUT2D eigenvalue weighted by atomic mass is 9.93. The Labute approximate surface area is 142 Å². The molecule has 6 aromatic rings. The van der Waals surface area contributed by atoms with Crippen molar-refractivity contribution >= 4 is 48.7 Å². The van der Waals surface area contributed by atoms with Gasteiger partial charge in [-0.05, 0) is 27.6 Å². The van der Waals surface area contributed by atoms with Crippen molar-refractivity contribution in [3.63, 3.8) is 0 Å². The Balaban J connectivity index is 2.19. The molecule has 3 heteroatoms. The van der Waals surface area contributed by atoms with Crippen LogP contribution in [0.5, 0.6) is 0 Å². The molecule has 0 atom stereocenters. The van der Waals surface area contributed by atoms with Gasteiger partial charge < -0.3 is 0 Å². The molecule has 4 aromatic carbocycles. The first-order valence-corrected chi connectivity index (χ1v) is 8.29. The normalized spacial score (nSPS) is 12.2. The number of nitrogens with zero attached hydrogens (tertiary/aromatic N) is 2. The average Bonchev–Trinajstić information content (AvgIpc) is 2.68. The fourth-order valence-corrected chi connectivity index (χ4v) is 4.23. The zero-order chi connectivity index (χ0) is 16.5. The summed E-state index contributed by atoms with van der Waals surface area (Å²) in [6, 6.07) is 22.8. The molecule has 0 spiro atoms. The van der Waals surface area contributed by atoms with Crippen LogP contribution in [0, 0.1) is 0 Å². The Kier molecular flexibility index (Phi) is 2.24. The lowest BCUT2D eigenvalue weighted by molar-refractivity contribution is 1.11. The van der Waals surface area contributed by atoms with Gasteiger partial charge in [-0.1, -0.05) is 60.7 Å². The van der Waals surface area contributed by atoms with Crippen LogP contribution in [0.3, 0.4) is 0 Å². The van der Waals surface area contributed by atoms with Gasteiger partial charge in [0, 0.05) is 10.8 Å². The quantitative estimate of drug-likeness (QED) is 0.299. The Hall–Kier alpha value is -3.46. The van der Waals surface area contributed by atoms with E-state index in [9.17, 15) is 4.79 Å². The van der Waals surface area contributed by atoms with Gasteiger partial charge in [0.05, 0.1) is 16.4 Å². The third-order valence-electron chi connectivity index (χ3n) is 5.22. The molecular formula is C22H12N2O. The number of para-hydroxylation sites is 1. The molecule has 2 aromatic heterocycles. The second kappa shape index (κ2) is 4.33. The van der Waals surface area contributed by atoms with Crippen molar-refractivity contribution in [2.75, 3.05) is 0 Å². The predicted octanol–water partition coefficient (Wildman–Crippen LogP) is 4.75. The van der Waals surface area contributed by atoms with Gasteiger partial charge in [-0.3, -0.25) is 9.20 Å². The molecule has 6 rings (SSSR count). The molecule has 0 aliphatic carbocycles. The molecule has 0 aliphatic heterocycles. The van der Waals surface area contributed by atoms with Gasteiger partial charge in [0.1, 0.15) is 6.33 Å². The SMILES string of the molecule is O=c1ncn2c3ccccc3c3cccc4c5ccccc5c1c2c43. The van der Waals surface area contributed by atoms with E-state index in [0.717, 1.165) is 27.2 Å². The molecule has 3 nitrogen and oxygen atoms in total. The summed E-state index contributed by atoms with van der Waals surface area (Å²) in [6.45, 7) is 0. The van der Waals surface area contributed by atoms with E-state index in [0.29, 0.717) is 5.39 Å². The van der Waals surface area contributed by atoms with Crippen LogP contribution in [0.2, 0.25) is 0 Å². The van der Waals surface area contributed by atoms with E-state index in [2.05, 4.69) is 51.8 Å². The van der Waals surface area contributed by atoms with Crippen LogP contribution < -0.4 is 5.56 Å². The molecule has 0 bridgehead atoms. The van der Waals surface area contributed by atoms with Crippen LogP contribution in [0.1, 0.15) is 0 Å². The highest BCUT2D eigenvalue weighted by Gasteiger charge is 2.17. The number of hydrogen-bond acceptors (Lipinski definition) is 2. The number of benzene rings is 4. The summed E-state index contributed by atoms with van der Waals surface area (Å²) in [5.74, 6) is 0. The van der Waals surface area contributed by atoms with Gasteiger partial charge in [-0.15, -0.1) is 0 Å². The van der Waals surface area contributed by atoms with E-state index < -0.39 is 0 Å². The highest BCUT2D eigenvalue weighted by Crippen LogP contribution is 2.39. The van der Waals surface area contributed by atoms with E-state index in [1.54, 1.807) is 6.33 Å². The Morgan fingerprint density at radius 2 is 1.24 bits per heavy atom. The third kappa shape index (κ3) is 1.46. The van der Waals surface area contributed by atoms with Crippen molar-refractivity contribution in [1.82, 2.24) is 9.38 Å². The molecule has 0 amide bonds. The maximum atomic E-state index is 12.7. The van der Waals surface area contributed by atoms with E-state index in [1.807, 2.05) is 24.3 Å². The maximum Gasteiger partial charge on any atom is 0.281 e. The van der Waals surface area contributed by atoms with Crippen molar-refractivity contribution < 1.29 is 0 Å². The number of pyridine rings is 1. The van der Waals surface area contributed by atoms with Gasteiger partial charge >= 0.3 is 0 Å². The summed E-state index contributed by atoms with van der Waals surface area (Å²) in [4.78, 5) is 16.9. The van der Waals surface area contributed by atoms with Gasteiger partial charge in [-0.2, -0.15) is 4.98 Å². The molecule has 0 radical (unpaired) electrons. The molecule has 116 valence electrons. The van der Waals surface area contributed by atoms with Gasteiger partial charge in [0.25, 0.3) is 5.56 Å². The number of rotatable bonds is 0. The van der Waals surface area contributed by atoms with Gasteiger partial charge in [0.15, 0.2) is 0 Å². The number of hydrogen-bond donors (Lipinski definition) is 0. The van der Waals surface area contributed by atoms with E-state index in [1.165, 1.54) is 16.2 Å². The molecule has 25 heavy (non-hydrogen) atoms. The molecule has 0 saturated carbocycles. The van der Waals surface area contributed by atoms with Crippen LogP contribution in [-0.2, 0) is 0 Å². The lowest BCUT2D eigenvalue weighted by Gasteiger charge is -2.17. The van der Waals surface area contributed by atoms with Crippen LogP contribution in [0.4, 0.5) is 0 Å². The van der Waals surface area contributed by atoms with Crippen molar-refractivity contribution in [3.8, 4) is 0 Å². The smallest absolute Gasteiger partial charge is 0.281 e.